The minimum Gasteiger partial charge on any atom is -0.324 e. The Labute approximate surface area is 191 Å². The summed E-state index contributed by atoms with van der Waals surface area (Å²) in [4.78, 5) is 43.0. The third kappa shape index (κ3) is 4.61. The normalized spacial score (nSPS) is 11.5. The lowest BCUT2D eigenvalue weighted by molar-refractivity contribution is -0.137. The van der Waals surface area contributed by atoms with Crippen molar-refractivity contribution >= 4 is 22.6 Å². The standard InChI is InChI=1S/C24H19F3N4O3/c1-15-8-10-16(11-9-15)13-31-22(33)21-19(7-4-12-28-21)30(23(31)34)14-20(32)29-18-6-3-2-5-17(18)24(25,26)27/h2-12H,13-14H2,1H3,(H,29,32). The molecule has 4 aromatic rings. The van der Waals surface area contributed by atoms with Gasteiger partial charge in [-0.3, -0.25) is 18.7 Å². The van der Waals surface area contributed by atoms with Crippen LogP contribution in [0.3, 0.4) is 0 Å². The SMILES string of the molecule is Cc1ccc(Cn2c(=O)c3ncccc3n(CC(=O)Nc3ccccc3C(F)(F)F)c2=O)cc1. The van der Waals surface area contributed by atoms with Gasteiger partial charge in [-0.2, -0.15) is 13.2 Å². The van der Waals surface area contributed by atoms with Gasteiger partial charge in [0, 0.05) is 6.20 Å². The Morgan fingerprint density at radius 2 is 1.68 bits per heavy atom. The Bertz CT molecular complexity index is 1490. The van der Waals surface area contributed by atoms with Crippen molar-refractivity contribution in [1.29, 1.82) is 0 Å². The molecule has 174 valence electrons. The highest BCUT2D eigenvalue weighted by Gasteiger charge is 2.33. The van der Waals surface area contributed by atoms with Gasteiger partial charge in [-0.05, 0) is 36.8 Å². The number of nitrogens with one attached hydrogen (secondary N) is 1. The minimum absolute atomic E-state index is 0.0299. The zero-order chi connectivity index (χ0) is 24.5. The van der Waals surface area contributed by atoms with Crippen molar-refractivity contribution in [3.63, 3.8) is 0 Å². The first-order chi connectivity index (χ1) is 16.1. The number of pyridine rings is 1. The average Bonchev–Trinajstić information content (AvgIpc) is 2.80. The Morgan fingerprint density at radius 3 is 2.38 bits per heavy atom. The maximum atomic E-state index is 13.3. The molecule has 0 spiro atoms. The lowest BCUT2D eigenvalue weighted by Gasteiger charge is -2.16. The molecule has 0 bridgehead atoms. The third-order valence-electron chi connectivity index (χ3n) is 5.26. The number of aromatic nitrogens is 3. The van der Waals surface area contributed by atoms with Crippen molar-refractivity contribution in [3.8, 4) is 0 Å². The first kappa shape index (κ1) is 23.0. The summed E-state index contributed by atoms with van der Waals surface area (Å²) in [6, 6.07) is 14.7. The molecule has 4 rings (SSSR count). The summed E-state index contributed by atoms with van der Waals surface area (Å²) in [7, 11) is 0. The molecule has 0 fully saturated rings. The topological polar surface area (TPSA) is 86.0 Å². The largest absolute Gasteiger partial charge is 0.418 e. The highest BCUT2D eigenvalue weighted by molar-refractivity contribution is 5.92. The molecule has 0 radical (unpaired) electrons. The molecular weight excluding hydrogens is 449 g/mol. The highest BCUT2D eigenvalue weighted by Crippen LogP contribution is 2.34. The van der Waals surface area contributed by atoms with Gasteiger partial charge >= 0.3 is 11.9 Å². The summed E-state index contributed by atoms with van der Waals surface area (Å²) >= 11 is 0. The van der Waals surface area contributed by atoms with Gasteiger partial charge in [-0.1, -0.05) is 42.0 Å². The predicted octanol–water partition coefficient (Wildman–Crippen LogP) is 3.57. The number of amides is 1. The van der Waals surface area contributed by atoms with Gasteiger partial charge in [0.25, 0.3) is 5.56 Å². The number of hydrogen-bond donors (Lipinski definition) is 1. The van der Waals surface area contributed by atoms with Crippen LogP contribution in [0.5, 0.6) is 0 Å². The van der Waals surface area contributed by atoms with Crippen LogP contribution in [0.2, 0.25) is 0 Å². The first-order valence-corrected chi connectivity index (χ1v) is 10.2. The van der Waals surface area contributed by atoms with E-state index in [0.717, 1.165) is 26.8 Å². The van der Waals surface area contributed by atoms with Crippen LogP contribution >= 0.6 is 0 Å². The second-order valence-electron chi connectivity index (χ2n) is 7.71. The summed E-state index contributed by atoms with van der Waals surface area (Å²) in [6.45, 7) is 1.24. The maximum absolute atomic E-state index is 13.3. The van der Waals surface area contributed by atoms with Gasteiger partial charge in [0.05, 0.1) is 23.3 Å². The molecule has 0 saturated carbocycles. The number of aryl methyl sites for hydroxylation is 1. The van der Waals surface area contributed by atoms with E-state index >= 15 is 0 Å². The van der Waals surface area contributed by atoms with E-state index in [1.807, 2.05) is 19.1 Å². The van der Waals surface area contributed by atoms with E-state index in [2.05, 4.69) is 10.3 Å². The highest BCUT2D eigenvalue weighted by atomic mass is 19.4. The molecule has 2 heterocycles. The molecule has 34 heavy (non-hydrogen) atoms. The van der Waals surface area contributed by atoms with Crippen LogP contribution in [0, 0.1) is 6.92 Å². The van der Waals surface area contributed by atoms with Crippen molar-refractivity contribution in [3.05, 3.63) is 104 Å². The third-order valence-corrected chi connectivity index (χ3v) is 5.26. The van der Waals surface area contributed by atoms with Gasteiger partial charge in [0.15, 0.2) is 5.52 Å². The van der Waals surface area contributed by atoms with Crippen LogP contribution < -0.4 is 16.6 Å². The fraction of sp³-hybridized carbons (Fsp3) is 0.167. The number of anilines is 1. The van der Waals surface area contributed by atoms with Crippen LogP contribution in [0.25, 0.3) is 11.0 Å². The van der Waals surface area contributed by atoms with E-state index in [4.69, 9.17) is 0 Å². The number of alkyl halides is 3. The van der Waals surface area contributed by atoms with Crippen LogP contribution in [-0.2, 0) is 24.1 Å². The zero-order valence-corrected chi connectivity index (χ0v) is 18.0. The van der Waals surface area contributed by atoms with Crippen LogP contribution in [0.1, 0.15) is 16.7 Å². The second-order valence-corrected chi connectivity index (χ2v) is 7.71. The predicted molar refractivity (Wildman–Crippen MR) is 121 cm³/mol. The molecule has 0 saturated heterocycles. The molecule has 2 aromatic heterocycles. The Morgan fingerprint density at radius 1 is 0.971 bits per heavy atom. The van der Waals surface area contributed by atoms with E-state index in [9.17, 15) is 27.6 Å². The van der Waals surface area contributed by atoms with Crippen LogP contribution in [-0.4, -0.2) is 20.0 Å². The second kappa shape index (κ2) is 8.97. The lowest BCUT2D eigenvalue weighted by Crippen LogP contribution is -2.42. The number of para-hydroxylation sites is 1. The number of carbonyl (C=O) groups excluding carboxylic acids is 1. The van der Waals surface area contributed by atoms with Crippen molar-refractivity contribution in [2.24, 2.45) is 0 Å². The quantitative estimate of drug-likeness (QED) is 0.485. The molecule has 0 aliphatic carbocycles. The summed E-state index contributed by atoms with van der Waals surface area (Å²) in [5.74, 6) is -0.857. The molecule has 0 atom stereocenters. The number of halogens is 3. The van der Waals surface area contributed by atoms with Crippen molar-refractivity contribution < 1.29 is 18.0 Å². The van der Waals surface area contributed by atoms with Gasteiger partial charge in [-0.25, -0.2) is 9.78 Å². The molecule has 2 aromatic carbocycles. The molecule has 1 amide bonds. The maximum Gasteiger partial charge on any atom is 0.418 e. The van der Waals surface area contributed by atoms with Gasteiger partial charge in [0.1, 0.15) is 6.54 Å². The van der Waals surface area contributed by atoms with Crippen molar-refractivity contribution in [2.45, 2.75) is 26.2 Å². The molecule has 10 heteroatoms. The first-order valence-electron chi connectivity index (χ1n) is 10.2. The zero-order valence-electron chi connectivity index (χ0n) is 18.0. The van der Waals surface area contributed by atoms with Crippen LogP contribution in [0.15, 0.2) is 76.4 Å². The lowest BCUT2D eigenvalue weighted by atomic mass is 10.1. The van der Waals surface area contributed by atoms with Gasteiger partial charge in [0.2, 0.25) is 5.91 Å². The number of benzene rings is 2. The van der Waals surface area contributed by atoms with Gasteiger partial charge in [-0.15, -0.1) is 0 Å². The van der Waals surface area contributed by atoms with E-state index in [1.54, 1.807) is 12.1 Å². The molecule has 7 nitrogen and oxygen atoms in total. The van der Waals surface area contributed by atoms with Crippen LogP contribution in [0.4, 0.5) is 18.9 Å². The van der Waals surface area contributed by atoms with Gasteiger partial charge < -0.3 is 5.32 Å². The minimum atomic E-state index is -4.67. The van der Waals surface area contributed by atoms with E-state index < -0.39 is 41.1 Å². The number of carbonyl (C=O) groups is 1. The summed E-state index contributed by atoms with van der Waals surface area (Å²) in [6.07, 6.45) is -3.28. The Balaban J connectivity index is 1.74. The number of rotatable bonds is 5. The summed E-state index contributed by atoms with van der Waals surface area (Å²) in [5.41, 5.74) is -1.06. The molecule has 0 unspecified atom stereocenters. The summed E-state index contributed by atoms with van der Waals surface area (Å²) < 4.78 is 41.8. The number of hydrogen-bond acceptors (Lipinski definition) is 4. The van der Waals surface area contributed by atoms with E-state index in [1.165, 1.54) is 30.5 Å². The fourth-order valence-electron chi connectivity index (χ4n) is 3.58. The fourth-order valence-corrected chi connectivity index (χ4v) is 3.58. The number of nitrogens with zero attached hydrogens (tertiary/aromatic N) is 3. The number of fused-ring (bicyclic) bond motifs is 1. The molecule has 0 aliphatic rings. The van der Waals surface area contributed by atoms with E-state index in [-0.39, 0.29) is 17.6 Å². The molecular formula is C24H19F3N4O3. The molecule has 0 aliphatic heterocycles. The monoisotopic (exact) mass is 468 g/mol. The molecule has 1 N–H and O–H groups in total. The smallest absolute Gasteiger partial charge is 0.324 e. The Kier molecular flexibility index (Phi) is 6.06. The Hall–Kier alpha value is -4.21. The van der Waals surface area contributed by atoms with Crippen molar-refractivity contribution in [2.75, 3.05) is 5.32 Å². The van der Waals surface area contributed by atoms with E-state index in [0.29, 0.717) is 5.56 Å². The average molecular weight is 468 g/mol. The summed E-state index contributed by atoms with van der Waals surface area (Å²) in [5, 5.41) is 2.22. The van der Waals surface area contributed by atoms with Crippen molar-refractivity contribution in [1.82, 2.24) is 14.1 Å².